The molecule has 1 saturated heterocycles. The van der Waals surface area contributed by atoms with Crippen molar-refractivity contribution < 1.29 is 5.11 Å². The molecule has 0 aromatic heterocycles. The van der Waals surface area contributed by atoms with Crippen molar-refractivity contribution in [3.8, 4) is 0 Å². The van der Waals surface area contributed by atoms with Crippen molar-refractivity contribution in [2.24, 2.45) is 0 Å². The average molecular weight is 266 g/mol. The summed E-state index contributed by atoms with van der Waals surface area (Å²) in [5, 5.41) is 9.16. The summed E-state index contributed by atoms with van der Waals surface area (Å²) in [4.78, 5) is 4.96. The molecular formula is C16H30N2O. The van der Waals surface area contributed by atoms with Gasteiger partial charge in [-0.25, -0.2) is 0 Å². The molecule has 1 rings (SSSR count). The van der Waals surface area contributed by atoms with Crippen LogP contribution in [-0.2, 0) is 0 Å². The second-order valence-corrected chi connectivity index (χ2v) is 5.06. The molecule has 1 aliphatic rings. The van der Waals surface area contributed by atoms with Crippen LogP contribution < -0.4 is 0 Å². The lowest BCUT2D eigenvalue weighted by Gasteiger charge is -2.29. The molecule has 1 N–H and O–H groups in total. The van der Waals surface area contributed by atoms with Crippen LogP contribution >= 0.6 is 0 Å². The molecule has 0 aromatic rings. The van der Waals surface area contributed by atoms with Crippen molar-refractivity contribution in [2.45, 2.75) is 45.7 Å². The largest absolute Gasteiger partial charge is 0.395 e. The summed E-state index contributed by atoms with van der Waals surface area (Å²) in [6, 6.07) is 0. The van der Waals surface area contributed by atoms with Gasteiger partial charge in [0.1, 0.15) is 0 Å². The molecule has 0 spiro atoms. The zero-order valence-electron chi connectivity index (χ0n) is 12.6. The highest BCUT2D eigenvalue weighted by Gasteiger charge is 2.29. The van der Waals surface area contributed by atoms with E-state index in [1.54, 1.807) is 0 Å². The molecule has 19 heavy (non-hydrogen) atoms. The number of hydrogen-bond donors (Lipinski definition) is 1. The molecule has 1 aliphatic heterocycles. The number of aliphatic hydroxyl groups is 1. The average Bonchev–Trinajstić information content (AvgIpc) is 2.79. The van der Waals surface area contributed by atoms with Gasteiger partial charge in [0.25, 0.3) is 0 Å². The van der Waals surface area contributed by atoms with Crippen molar-refractivity contribution in [1.82, 2.24) is 9.80 Å². The van der Waals surface area contributed by atoms with Gasteiger partial charge < -0.3 is 5.11 Å². The van der Waals surface area contributed by atoms with Crippen molar-refractivity contribution in [2.75, 3.05) is 32.8 Å². The highest BCUT2D eigenvalue weighted by Crippen LogP contribution is 2.18. The van der Waals surface area contributed by atoms with Crippen molar-refractivity contribution >= 4 is 0 Å². The van der Waals surface area contributed by atoms with Crippen LogP contribution in [0.15, 0.2) is 24.3 Å². The van der Waals surface area contributed by atoms with Crippen LogP contribution in [0.3, 0.4) is 0 Å². The number of nitrogens with zero attached hydrogens (tertiary/aromatic N) is 2. The van der Waals surface area contributed by atoms with E-state index in [-0.39, 0.29) is 6.61 Å². The Balaban J connectivity index is 2.47. The highest BCUT2D eigenvalue weighted by atomic mass is 16.3. The maximum atomic E-state index is 9.16. The summed E-state index contributed by atoms with van der Waals surface area (Å²) in [6.07, 6.45) is 14.0. The first kappa shape index (κ1) is 16.4. The zero-order chi connectivity index (χ0) is 13.9. The zero-order valence-corrected chi connectivity index (χ0v) is 12.6. The molecule has 0 radical (unpaired) electrons. The first-order valence-electron chi connectivity index (χ1n) is 7.72. The van der Waals surface area contributed by atoms with E-state index in [4.69, 9.17) is 5.11 Å². The van der Waals surface area contributed by atoms with Crippen LogP contribution in [0.25, 0.3) is 0 Å². The Morgan fingerprint density at radius 3 is 2.21 bits per heavy atom. The standard InChI is InChI=1S/C16H30N2O/c1-3-5-7-9-11-17-12-13-18(14-15-19)16(17)10-8-6-4-2/h5-8,16,19H,3-4,9-15H2,1-2H3. The molecule has 1 fully saturated rings. The summed E-state index contributed by atoms with van der Waals surface area (Å²) in [5.41, 5.74) is 0. The van der Waals surface area contributed by atoms with Crippen LogP contribution in [0.5, 0.6) is 0 Å². The molecule has 3 heteroatoms. The van der Waals surface area contributed by atoms with Crippen molar-refractivity contribution in [3.05, 3.63) is 24.3 Å². The molecule has 1 heterocycles. The fourth-order valence-corrected chi connectivity index (χ4v) is 2.64. The topological polar surface area (TPSA) is 26.7 Å². The Morgan fingerprint density at radius 1 is 0.947 bits per heavy atom. The number of aliphatic hydroxyl groups excluding tert-OH is 1. The van der Waals surface area contributed by atoms with Gasteiger partial charge in [-0.15, -0.1) is 0 Å². The molecule has 0 amide bonds. The van der Waals surface area contributed by atoms with Gasteiger partial charge >= 0.3 is 0 Å². The number of allylic oxidation sites excluding steroid dienone is 2. The minimum absolute atomic E-state index is 0.261. The van der Waals surface area contributed by atoms with Gasteiger partial charge in [0, 0.05) is 26.2 Å². The van der Waals surface area contributed by atoms with E-state index >= 15 is 0 Å². The van der Waals surface area contributed by atoms with E-state index < -0.39 is 0 Å². The highest BCUT2D eigenvalue weighted by molar-refractivity contribution is 4.91. The fraction of sp³-hybridized carbons (Fsp3) is 0.750. The number of β-amino-alcohol motifs (C(OH)–C–C–N with tert-alkyl or cyclic N) is 1. The normalized spacial score (nSPS) is 22.2. The summed E-state index contributed by atoms with van der Waals surface area (Å²) in [6.45, 7) is 8.75. The van der Waals surface area contributed by atoms with Gasteiger partial charge in [0.05, 0.1) is 12.8 Å². The molecule has 110 valence electrons. The molecular weight excluding hydrogens is 236 g/mol. The van der Waals surface area contributed by atoms with Gasteiger partial charge in [0.15, 0.2) is 0 Å². The quantitative estimate of drug-likeness (QED) is 0.650. The van der Waals surface area contributed by atoms with Gasteiger partial charge in [-0.05, 0) is 25.7 Å². The van der Waals surface area contributed by atoms with E-state index in [2.05, 4.69) is 48.0 Å². The molecule has 3 nitrogen and oxygen atoms in total. The SMILES string of the molecule is CCC=CCCN1CCN(CCO)C1CC=CCC. The molecule has 1 atom stereocenters. The number of rotatable bonds is 9. The fourth-order valence-electron chi connectivity index (χ4n) is 2.64. The second-order valence-electron chi connectivity index (χ2n) is 5.06. The Morgan fingerprint density at radius 2 is 1.58 bits per heavy atom. The monoisotopic (exact) mass is 266 g/mol. The lowest BCUT2D eigenvalue weighted by molar-refractivity contribution is 0.117. The Kier molecular flexibility index (Phi) is 8.80. The molecule has 1 unspecified atom stereocenters. The minimum Gasteiger partial charge on any atom is -0.395 e. The van der Waals surface area contributed by atoms with Gasteiger partial charge in [-0.3, -0.25) is 9.80 Å². The van der Waals surface area contributed by atoms with Gasteiger partial charge in [0.2, 0.25) is 0 Å². The van der Waals surface area contributed by atoms with Crippen LogP contribution in [0.4, 0.5) is 0 Å². The lowest BCUT2D eigenvalue weighted by Crippen LogP contribution is -2.40. The summed E-state index contributed by atoms with van der Waals surface area (Å²) in [5.74, 6) is 0. The third kappa shape index (κ3) is 5.89. The Hall–Kier alpha value is -0.640. The Labute approximate surface area is 118 Å². The van der Waals surface area contributed by atoms with Crippen LogP contribution in [0.1, 0.15) is 39.5 Å². The molecule has 0 saturated carbocycles. The summed E-state index contributed by atoms with van der Waals surface area (Å²) >= 11 is 0. The third-order valence-electron chi connectivity index (χ3n) is 3.64. The smallest absolute Gasteiger partial charge is 0.0659 e. The van der Waals surface area contributed by atoms with Crippen molar-refractivity contribution in [1.29, 1.82) is 0 Å². The first-order chi connectivity index (χ1) is 9.33. The van der Waals surface area contributed by atoms with E-state index in [0.717, 1.165) is 51.9 Å². The van der Waals surface area contributed by atoms with Gasteiger partial charge in [-0.1, -0.05) is 38.2 Å². The summed E-state index contributed by atoms with van der Waals surface area (Å²) in [7, 11) is 0. The summed E-state index contributed by atoms with van der Waals surface area (Å²) < 4.78 is 0. The maximum Gasteiger partial charge on any atom is 0.0659 e. The van der Waals surface area contributed by atoms with Crippen LogP contribution in [0.2, 0.25) is 0 Å². The molecule has 0 bridgehead atoms. The Bertz CT molecular complexity index is 276. The molecule has 0 aromatic carbocycles. The van der Waals surface area contributed by atoms with Crippen molar-refractivity contribution in [3.63, 3.8) is 0 Å². The van der Waals surface area contributed by atoms with Gasteiger partial charge in [-0.2, -0.15) is 0 Å². The maximum absolute atomic E-state index is 9.16. The van der Waals surface area contributed by atoms with E-state index in [1.807, 2.05) is 0 Å². The van der Waals surface area contributed by atoms with E-state index in [1.165, 1.54) is 0 Å². The van der Waals surface area contributed by atoms with E-state index in [9.17, 15) is 0 Å². The minimum atomic E-state index is 0.261. The third-order valence-corrected chi connectivity index (χ3v) is 3.64. The number of hydrogen-bond acceptors (Lipinski definition) is 3. The van der Waals surface area contributed by atoms with E-state index in [0.29, 0.717) is 6.17 Å². The first-order valence-corrected chi connectivity index (χ1v) is 7.72. The van der Waals surface area contributed by atoms with Crippen LogP contribution in [-0.4, -0.2) is 53.9 Å². The van der Waals surface area contributed by atoms with Crippen LogP contribution in [0, 0.1) is 0 Å². The predicted molar refractivity (Wildman–Crippen MR) is 82.1 cm³/mol. The predicted octanol–water partition coefficient (Wildman–Crippen LogP) is 2.64. The lowest BCUT2D eigenvalue weighted by atomic mass is 10.2. The second kappa shape index (κ2) is 10.2. The molecule has 0 aliphatic carbocycles.